The molecule has 0 unspecified atom stereocenters. The zero-order valence-corrected chi connectivity index (χ0v) is 21.6. The van der Waals surface area contributed by atoms with Crippen LogP contribution in [0.3, 0.4) is 0 Å². The molecule has 180 valence electrons. The van der Waals surface area contributed by atoms with E-state index in [2.05, 4.69) is 90.3 Å². The molecule has 2 aromatic heterocycles. The van der Waals surface area contributed by atoms with E-state index >= 15 is 0 Å². The monoisotopic (exact) mass is 485 g/mol. The molecular weight excluding hydrogens is 454 g/mol. The van der Waals surface area contributed by atoms with Crippen molar-refractivity contribution in [2.75, 3.05) is 41.3 Å². The fourth-order valence-corrected chi connectivity index (χ4v) is 5.57. The largest absolute Gasteiger partial charge is 0.341 e. The standard InChI is InChI=1S/C27H31N7S/c1-5-33(6-2)26-30-25(31-27(32-26)34(7-3)8-4)29-20-13-19-16-28-17-22(19)21(15-20)24-14-18-11-9-10-12-23(18)35-24/h9-16H,5-8,17H2,1-4H3,(H,29,30,31,32). The number of hydrogen-bond acceptors (Lipinski definition) is 8. The molecule has 0 saturated heterocycles. The third-order valence-corrected chi connectivity index (χ3v) is 7.57. The fourth-order valence-electron chi connectivity index (χ4n) is 4.46. The second-order valence-corrected chi connectivity index (χ2v) is 9.52. The van der Waals surface area contributed by atoms with Gasteiger partial charge < -0.3 is 15.1 Å². The fraction of sp³-hybridized carbons (Fsp3) is 0.333. The average Bonchev–Trinajstić information content (AvgIpc) is 3.52. The molecule has 0 amide bonds. The number of aromatic nitrogens is 3. The van der Waals surface area contributed by atoms with Crippen molar-refractivity contribution < 1.29 is 0 Å². The predicted molar refractivity (Wildman–Crippen MR) is 149 cm³/mol. The van der Waals surface area contributed by atoms with Gasteiger partial charge >= 0.3 is 0 Å². The lowest BCUT2D eigenvalue weighted by atomic mass is 10.0. The Balaban J connectivity index is 1.57. The van der Waals surface area contributed by atoms with Gasteiger partial charge in [-0.15, -0.1) is 11.3 Å². The molecule has 1 aliphatic heterocycles. The van der Waals surface area contributed by atoms with Gasteiger partial charge in [0, 0.05) is 53.2 Å². The van der Waals surface area contributed by atoms with Crippen molar-refractivity contribution in [1.29, 1.82) is 0 Å². The lowest BCUT2D eigenvalue weighted by molar-refractivity contribution is 0.779. The highest BCUT2D eigenvalue weighted by Crippen LogP contribution is 2.39. The Morgan fingerprint density at radius 3 is 2.20 bits per heavy atom. The number of fused-ring (bicyclic) bond motifs is 2. The van der Waals surface area contributed by atoms with Crippen LogP contribution >= 0.6 is 11.3 Å². The number of nitrogens with zero attached hydrogens (tertiary/aromatic N) is 6. The Bertz CT molecular complexity index is 1310. The van der Waals surface area contributed by atoms with Crippen molar-refractivity contribution in [3.8, 4) is 10.4 Å². The number of rotatable bonds is 9. The molecule has 1 N–H and O–H groups in total. The van der Waals surface area contributed by atoms with E-state index in [1.807, 2.05) is 17.6 Å². The van der Waals surface area contributed by atoms with Crippen molar-refractivity contribution in [2.24, 2.45) is 4.99 Å². The zero-order valence-electron chi connectivity index (χ0n) is 20.7. The summed E-state index contributed by atoms with van der Waals surface area (Å²) in [7, 11) is 0. The van der Waals surface area contributed by atoms with Crippen LogP contribution < -0.4 is 15.1 Å². The molecule has 0 saturated carbocycles. The van der Waals surface area contributed by atoms with Gasteiger partial charge in [-0.2, -0.15) is 15.0 Å². The molecule has 0 radical (unpaired) electrons. The Labute approximate surface area is 210 Å². The first-order valence-electron chi connectivity index (χ1n) is 12.3. The SMILES string of the molecule is CCN(CC)c1nc(Nc2cc3c(c(-c4cc5ccccc5s4)c2)CN=C3)nc(N(CC)CC)n1. The van der Waals surface area contributed by atoms with Crippen LogP contribution in [-0.2, 0) is 6.54 Å². The first-order valence-corrected chi connectivity index (χ1v) is 13.1. The second kappa shape index (κ2) is 10.00. The predicted octanol–water partition coefficient (Wildman–Crippen LogP) is 6.12. The maximum Gasteiger partial charge on any atom is 0.233 e. The number of anilines is 4. The number of nitrogens with one attached hydrogen (secondary N) is 1. The van der Waals surface area contributed by atoms with Gasteiger partial charge in [-0.1, -0.05) is 18.2 Å². The van der Waals surface area contributed by atoms with Crippen LogP contribution in [0.4, 0.5) is 23.5 Å². The second-order valence-electron chi connectivity index (χ2n) is 8.44. The van der Waals surface area contributed by atoms with Crippen molar-refractivity contribution in [3.05, 3.63) is 53.6 Å². The summed E-state index contributed by atoms with van der Waals surface area (Å²) >= 11 is 1.82. The van der Waals surface area contributed by atoms with Crippen LogP contribution in [0.25, 0.3) is 20.5 Å². The van der Waals surface area contributed by atoms with Crippen molar-refractivity contribution in [3.63, 3.8) is 0 Å². The van der Waals surface area contributed by atoms with E-state index in [1.165, 1.54) is 26.1 Å². The highest BCUT2D eigenvalue weighted by atomic mass is 32.1. The summed E-state index contributed by atoms with van der Waals surface area (Å²) in [4.78, 5) is 24.5. The topological polar surface area (TPSA) is 69.5 Å². The molecule has 0 bridgehead atoms. The average molecular weight is 486 g/mol. The molecule has 0 atom stereocenters. The van der Waals surface area contributed by atoms with Crippen LogP contribution in [0.5, 0.6) is 0 Å². The lowest BCUT2D eigenvalue weighted by Gasteiger charge is -2.23. The summed E-state index contributed by atoms with van der Waals surface area (Å²) in [6.07, 6.45) is 1.97. The van der Waals surface area contributed by atoms with Crippen LogP contribution in [0, 0.1) is 0 Å². The van der Waals surface area contributed by atoms with Gasteiger partial charge in [-0.3, -0.25) is 4.99 Å². The van der Waals surface area contributed by atoms with Gasteiger partial charge in [0.2, 0.25) is 17.8 Å². The van der Waals surface area contributed by atoms with Crippen LogP contribution in [0.1, 0.15) is 38.8 Å². The highest BCUT2D eigenvalue weighted by Gasteiger charge is 2.19. The summed E-state index contributed by atoms with van der Waals surface area (Å²) in [6, 6.07) is 15.1. The van der Waals surface area contributed by atoms with Crippen molar-refractivity contribution >= 4 is 51.2 Å². The molecule has 4 aromatic rings. The summed E-state index contributed by atoms with van der Waals surface area (Å²) in [5, 5.41) is 4.76. The molecular formula is C27H31N7S. The van der Waals surface area contributed by atoms with E-state index in [1.54, 1.807) is 0 Å². The smallest absolute Gasteiger partial charge is 0.233 e. The Kier molecular flexibility index (Phi) is 6.63. The van der Waals surface area contributed by atoms with Gasteiger partial charge in [0.15, 0.2) is 0 Å². The van der Waals surface area contributed by atoms with Crippen molar-refractivity contribution in [1.82, 2.24) is 15.0 Å². The van der Waals surface area contributed by atoms with E-state index in [9.17, 15) is 0 Å². The van der Waals surface area contributed by atoms with Gasteiger partial charge in [-0.05, 0) is 68.5 Å². The minimum atomic E-state index is 0.556. The molecule has 0 spiro atoms. The minimum absolute atomic E-state index is 0.556. The minimum Gasteiger partial charge on any atom is -0.341 e. The first-order chi connectivity index (χ1) is 17.1. The number of thiophene rings is 1. The third kappa shape index (κ3) is 4.58. The molecule has 7 nitrogen and oxygen atoms in total. The van der Waals surface area contributed by atoms with Gasteiger partial charge in [0.1, 0.15) is 0 Å². The van der Waals surface area contributed by atoms with E-state index in [-0.39, 0.29) is 0 Å². The van der Waals surface area contributed by atoms with E-state index in [0.717, 1.165) is 37.4 Å². The normalized spacial score (nSPS) is 12.2. The van der Waals surface area contributed by atoms with E-state index in [0.29, 0.717) is 24.4 Å². The Morgan fingerprint density at radius 2 is 1.54 bits per heavy atom. The summed E-state index contributed by atoms with van der Waals surface area (Å²) < 4.78 is 1.29. The highest BCUT2D eigenvalue weighted by molar-refractivity contribution is 7.22. The molecule has 0 aliphatic carbocycles. The van der Waals surface area contributed by atoms with E-state index < -0.39 is 0 Å². The molecule has 8 heteroatoms. The third-order valence-electron chi connectivity index (χ3n) is 6.42. The molecule has 1 aliphatic rings. The maximum absolute atomic E-state index is 4.79. The Morgan fingerprint density at radius 1 is 0.857 bits per heavy atom. The van der Waals surface area contributed by atoms with Crippen LogP contribution in [-0.4, -0.2) is 47.3 Å². The molecule has 0 fully saturated rings. The van der Waals surface area contributed by atoms with Crippen molar-refractivity contribution in [2.45, 2.75) is 34.2 Å². The maximum atomic E-state index is 4.79. The van der Waals surface area contributed by atoms with Gasteiger partial charge in [0.25, 0.3) is 0 Å². The number of aliphatic imine (C=N–C) groups is 1. The zero-order chi connectivity index (χ0) is 24.4. The molecule has 2 aromatic carbocycles. The molecule has 5 rings (SSSR count). The Hall–Kier alpha value is -3.52. The van der Waals surface area contributed by atoms with Crippen LogP contribution in [0.2, 0.25) is 0 Å². The van der Waals surface area contributed by atoms with E-state index in [4.69, 9.17) is 15.0 Å². The number of hydrogen-bond donors (Lipinski definition) is 1. The van der Waals surface area contributed by atoms with Gasteiger partial charge in [0.05, 0.1) is 6.54 Å². The summed E-state index contributed by atoms with van der Waals surface area (Å²) in [5.41, 5.74) is 4.58. The molecule has 3 heterocycles. The molecule has 35 heavy (non-hydrogen) atoms. The number of benzene rings is 2. The summed E-state index contributed by atoms with van der Waals surface area (Å²) in [6.45, 7) is 12.5. The van der Waals surface area contributed by atoms with Crippen LogP contribution in [0.15, 0.2) is 47.5 Å². The lowest BCUT2D eigenvalue weighted by Crippen LogP contribution is -2.29. The van der Waals surface area contributed by atoms with Gasteiger partial charge in [-0.25, -0.2) is 0 Å². The first kappa shape index (κ1) is 23.2. The quantitative estimate of drug-likeness (QED) is 0.308. The summed E-state index contributed by atoms with van der Waals surface area (Å²) in [5.74, 6) is 1.95.